The van der Waals surface area contributed by atoms with Gasteiger partial charge in [-0.05, 0) is 26.2 Å². The van der Waals surface area contributed by atoms with Crippen LogP contribution in [0.25, 0.3) is 0 Å². The first-order valence-corrected chi connectivity index (χ1v) is 7.99. The van der Waals surface area contributed by atoms with E-state index in [-0.39, 0.29) is 5.60 Å². The lowest BCUT2D eigenvalue weighted by atomic mass is 9.96. The molecule has 0 radical (unpaired) electrons. The summed E-state index contributed by atoms with van der Waals surface area (Å²) in [6.07, 6.45) is 11.0. The van der Waals surface area contributed by atoms with Crippen LogP contribution in [0.5, 0.6) is 0 Å². The highest BCUT2D eigenvalue weighted by Crippen LogP contribution is 2.33. The number of alkyl halides is 1. The molecule has 0 N–H and O–H groups in total. The predicted octanol–water partition coefficient (Wildman–Crippen LogP) is 4.72. The lowest BCUT2D eigenvalue weighted by molar-refractivity contribution is -0.0813. The van der Waals surface area contributed by atoms with E-state index >= 15 is 0 Å². The van der Waals surface area contributed by atoms with E-state index in [0.717, 1.165) is 0 Å². The van der Waals surface area contributed by atoms with E-state index in [1.165, 1.54) is 55.8 Å². The molecule has 1 nitrogen and oxygen atoms in total. The summed E-state index contributed by atoms with van der Waals surface area (Å²) >= 11 is 2.51. The standard InChI is InChI=1S/C13H25IO/c1-3-8-12(2)15-13(11-14)9-6-4-5-7-10-13/h12H,3-11H2,1-2H3. The molecule has 1 saturated carbocycles. The Kier molecular flexibility index (Phi) is 6.51. The molecule has 0 aromatic heterocycles. The van der Waals surface area contributed by atoms with Crippen molar-refractivity contribution in [3.8, 4) is 0 Å². The van der Waals surface area contributed by atoms with Crippen LogP contribution in [0.1, 0.15) is 65.2 Å². The Labute approximate surface area is 108 Å². The molecule has 0 heterocycles. The molecule has 0 aliphatic heterocycles. The summed E-state index contributed by atoms with van der Waals surface area (Å²) in [5, 5.41) is 0. The average molecular weight is 324 g/mol. The maximum atomic E-state index is 6.34. The Hall–Kier alpha value is 0.690. The molecular formula is C13H25IO. The average Bonchev–Trinajstić information content (AvgIpc) is 2.44. The number of hydrogen-bond donors (Lipinski definition) is 0. The molecule has 2 heteroatoms. The molecule has 0 aromatic rings. The highest BCUT2D eigenvalue weighted by molar-refractivity contribution is 14.1. The van der Waals surface area contributed by atoms with Gasteiger partial charge in [-0.15, -0.1) is 0 Å². The number of hydrogen-bond acceptors (Lipinski definition) is 1. The molecule has 1 aliphatic carbocycles. The fourth-order valence-corrected chi connectivity index (χ4v) is 3.49. The normalized spacial score (nSPS) is 23.4. The molecule has 1 atom stereocenters. The summed E-state index contributed by atoms with van der Waals surface area (Å²) < 4.78 is 7.51. The van der Waals surface area contributed by atoms with E-state index in [1.807, 2.05) is 0 Å². The molecule has 0 amide bonds. The van der Waals surface area contributed by atoms with Crippen molar-refractivity contribution >= 4 is 22.6 Å². The second kappa shape index (κ2) is 7.10. The third kappa shape index (κ3) is 4.59. The van der Waals surface area contributed by atoms with Crippen LogP contribution in [-0.4, -0.2) is 16.1 Å². The summed E-state index contributed by atoms with van der Waals surface area (Å²) in [5.41, 5.74) is 0.214. The van der Waals surface area contributed by atoms with Gasteiger partial charge in [-0.1, -0.05) is 61.6 Å². The molecule has 15 heavy (non-hydrogen) atoms. The lowest BCUT2D eigenvalue weighted by Gasteiger charge is -2.34. The zero-order chi connectivity index (χ0) is 11.1. The van der Waals surface area contributed by atoms with Crippen LogP contribution in [0.4, 0.5) is 0 Å². The highest BCUT2D eigenvalue weighted by atomic mass is 127. The Morgan fingerprint density at radius 3 is 2.27 bits per heavy atom. The smallest absolute Gasteiger partial charge is 0.0775 e. The van der Waals surface area contributed by atoms with Gasteiger partial charge in [0, 0.05) is 4.43 Å². The van der Waals surface area contributed by atoms with Crippen molar-refractivity contribution in [3.05, 3.63) is 0 Å². The minimum absolute atomic E-state index is 0.214. The summed E-state index contributed by atoms with van der Waals surface area (Å²) in [6.45, 7) is 4.48. The van der Waals surface area contributed by atoms with Crippen molar-refractivity contribution in [2.45, 2.75) is 76.9 Å². The van der Waals surface area contributed by atoms with Gasteiger partial charge in [0.2, 0.25) is 0 Å². The summed E-state index contributed by atoms with van der Waals surface area (Å²) in [6, 6.07) is 0. The third-order valence-electron chi connectivity index (χ3n) is 3.40. The minimum Gasteiger partial charge on any atom is -0.371 e. The topological polar surface area (TPSA) is 9.23 Å². The minimum atomic E-state index is 0.214. The van der Waals surface area contributed by atoms with Crippen molar-refractivity contribution in [2.24, 2.45) is 0 Å². The van der Waals surface area contributed by atoms with Crippen LogP contribution in [0.2, 0.25) is 0 Å². The van der Waals surface area contributed by atoms with E-state index in [9.17, 15) is 0 Å². The van der Waals surface area contributed by atoms with Crippen LogP contribution in [-0.2, 0) is 4.74 Å². The summed E-state index contributed by atoms with van der Waals surface area (Å²) in [5.74, 6) is 0. The second-order valence-electron chi connectivity index (χ2n) is 4.95. The second-order valence-corrected chi connectivity index (χ2v) is 5.71. The molecular weight excluding hydrogens is 299 g/mol. The zero-order valence-electron chi connectivity index (χ0n) is 10.2. The third-order valence-corrected chi connectivity index (χ3v) is 4.79. The van der Waals surface area contributed by atoms with E-state index in [1.54, 1.807) is 0 Å². The Morgan fingerprint density at radius 1 is 1.20 bits per heavy atom. The van der Waals surface area contributed by atoms with Gasteiger partial charge in [0.05, 0.1) is 11.7 Å². The Balaban J connectivity index is 2.49. The van der Waals surface area contributed by atoms with E-state index < -0.39 is 0 Å². The van der Waals surface area contributed by atoms with Gasteiger partial charge in [-0.2, -0.15) is 0 Å². The molecule has 0 aromatic carbocycles. The van der Waals surface area contributed by atoms with Crippen molar-refractivity contribution < 1.29 is 4.74 Å². The number of halogens is 1. The zero-order valence-corrected chi connectivity index (χ0v) is 12.4. The monoisotopic (exact) mass is 324 g/mol. The van der Waals surface area contributed by atoms with Crippen LogP contribution in [0.3, 0.4) is 0 Å². The summed E-state index contributed by atoms with van der Waals surface area (Å²) in [7, 11) is 0. The Morgan fingerprint density at radius 2 is 1.80 bits per heavy atom. The molecule has 1 unspecified atom stereocenters. The van der Waals surface area contributed by atoms with Gasteiger partial charge >= 0.3 is 0 Å². The van der Waals surface area contributed by atoms with E-state index in [4.69, 9.17) is 4.74 Å². The van der Waals surface area contributed by atoms with Gasteiger partial charge in [0.1, 0.15) is 0 Å². The molecule has 0 spiro atoms. The SMILES string of the molecule is CCCC(C)OC1(CI)CCCCCC1. The van der Waals surface area contributed by atoms with Gasteiger partial charge in [0.25, 0.3) is 0 Å². The first-order valence-electron chi connectivity index (χ1n) is 6.46. The molecule has 1 aliphatic rings. The van der Waals surface area contributed by atoms with Gasteiger partial charge in [0.15, 0.2) is 0 Å². The van der Waals surface area contributed by atoms with Crippen molar-refractivity contribution in [2.75, 3.05) is 4.43 Å². The molecule has 1 fully saturated rings. The van der Waals surface area contributed by atoms with Crippen molar-refractivity contribution in [3.63, 3.8) is 0 Å². The number of ether oxygens (including phenoxy) is 1. The molecule has 0 bridgehead atoms. The quantitative estimate of drug-likeness (QED) is 0.404. The molecule has 0 saturated heterocycles. The molecule has 90 valence electrons. The van der Waals surface area contributed by atoms with Crippen LogP contribution >= 0.6 is 22.6 Å². The lowest BCUT2D eigenvalue weighted by Crippen LogP contribution is -2.37. The Bertz CT molecular complexity index is 162. The van der Waals surface area contributed by atoms with Crippen LogP contribution in [0, 0.1) is 0 Å². The van der Waals surface area contributed by atoms with Gasteiger partial charge in [-0.3, -0.25) is 0 Å². The van der Waals surface area contributed by atoms with E-state index in [2.05, 4.69) is 36.4 Å². The van der Waals surface area contributed by atoms with Crippen LogP contribution < -0.4 is 0 Å². The van der Waals surface area contributed by atoms with E-state index in [0.29, 0.717) is 6.10 Å². The first kappa shape index (κ1) is 13.8. The highest BCUT2D eigenvalue weighted by Gasteiger charge is 2.32. The van der Waals surface area contributed by atoms with Crippen molar-refractivity contribution in [1.82, 2.24) is 0 Å². The summed E-state index contributed by atoms with van der Waals surface area (Å²) in [4.78, 5) is 0. The van der Waals surface area contributed by atoms with Crippen LogP contribution in [0.15, 0.2) is 0 Å². The van der Waals surface area contributed by atoms with Gasteiger partial charge < -0.3 is 4.74 Å². The van der Waals surface area contributed by atoms with Crippen molar-refractivity contribution in [1.29, 1.82) is 0 Å². The number of rotatable bonds is 5. The predicted molar refractivity (Wildman–Crippen MR) is 74.8 cm³/mol. The van der Waals surface area contributed by atoms with Gasteiger partial charge in [-0.25, -0.2) is 0 Å². The largest absolute Gasteiger partial charge is 0.371 e. The fourth-order valence-electron chi connectivity index (χ4n) is 2.55. The maximum Gasteiger partial charge on any atom is 0.0775 e. The molecule has 1 rings (SSSR count). The fraction of sp³-hybridized carbons (Fsp3) is 1.00. The maximum absolute atomic E-state index is 6.34. The first-order chi connectivity index (χ1) is 7.22.